The van der Waals surface area contributed by atoms with Crippen molar-refractivity contribution in [3.63, 3.8) is 0 Å². The number of benzene rings is 1. The van der Waals surface area contributed by atoms with Crippen LogP contribution in [0, 0.1) is 12.8 Å². The fraction of sp³-hybridized carbons (Fsp3) is 0.500. The molecule has 2 heterocycles. The van der Waals surface area contributed by atoms with Gasteiger partial charge in [0.1, 0.15) is 12.4 Å². The normalized spacial score (nSPS) is 11.6. The maximum Gasteiger partial charge on any atom is 0.226 e. The Bertz CT molecular complexity index is 950. The van der Waals surface area contributed by atoms with Gasteiger partial charge in [-0.3, -0.25) is 0 Å². The molecule has 0 bridgehead atoms. The van der Waals surface area contributed by atoms with E-state index in [1.54, 1.807) is 0 Å². The molecule has 0 fully saturated rings. The Morgan fingerprint density at radius 1 is 1.21 bits per heavy atom. The zero-order valence-corrected chi connectivity index (χ0v) is 18.4. The average Bonchev–Trinajstić information content (AvgIpc) is 3.24. The quantitative estimate of drug-likeness (QED) is 0.414. The topological polar surface area (TPSA) is 105 Å². The molecule has 0 aliphatic rings. The second-order valence-corrected chi connectivity index (χ2v) is 8.69. The van der Waals surface area contributed by atoms with Crippen molar-refractivity contribution >= 4 is 11.8 Å². The van der Waals surface area contributed by atoms with Gasteiger partial charge in [-0.15, -0.1) is 10.2 Å². The molecule has 9 heteroatoms. The summed E-state index contributed by atoms with van der Waals surface area (Å²) >= 11 is 1.41. The molecule has 0 saturated carbocycles. The van der Waals surface area contributed by atoms with Gasteiger partial charge in [-0.1, -0.05) is 56.7 Å². The second-order valence-electron chi connectivity index (χ2n) is 7.74. The van der Waals surface area contributed by atoms with Gasteiger partial charge in [-0.25, -0.2) is 4.68 Å². The van der Waals surface area contributed by atoms with E-state index in [1.165, 1.54) is 16.4 Å². The summed E-state index contributed by atoms with van der Waals surface area (Å²) in [7, 11) is 0. The highest BCUT2D eigenvalue weighted by Crippen LogP contribution is 2.28. The number of aromatic nitrogens is 5. The Kier molecular flexibility index (Phi) is 6.79. The van der Waals surface area contributed by atoms with Gasteiger partial charge in [0.05, 0.1) is 5.75 Å². The number of thioether (sulfide) groups is 1. The maximum absolute atomic E-state index is 6.16. The molecule has 0 amide bonds. The van der Waals surface area contributed by atoms with E-state index in [9.17, 15) is 0 Å². The third kappa shape index (κ3) is 5.50. The third-order valence-corrected chi connectivity index (χ3v) is 5.25. The minimum Gasteiger partial charge on any atom is -0.485 e. The van der Waals surface area contributed by atoms with E-state index in [4.69, 9.17) is 15.1 Å². The van der Waals surface area contributed by atoms with Crippen LogP contribution in [-0.2, 0) is 18.8 Å². The number of hydrogen-bond donors (Lipinski definition) is 1. The first-order valence-electron chi connectivity index (χ1n) is 9.70. The largest absolute Gasteiger partial charge is 0.485 e. The number of hydrogen-bond acceptors (Lipinski definition) is 8. The molecule has 0 saturated heterocycles. The smallest absolute Gasteiger partial charge is 0.226 e. The first-order chi connectivity index (χ1) is 13.8. The van der Waals surface area contributed by atoms with Crippen LogP contribution in [0.3, 0.4) is 0 Å². The molecule has 0 spiro atoms. The van der Waals surface area contributed by atoms with Crippen LogP contribution in [0.2, 0.25) is 0 Å². The van der Waals surface area contributed by atoms with Gasteiger partial charge >= 0.3 is 0 Å². The SMILES string of the molecule is Cc1ccc(C(C)C)c(OCc2nnc(SCc3noc(CC(C)C)n3)n2N)c1. The number of ether oxygens (including phenoxy) is 1. The summed E-state index contributed by atoms with van der Waals surface area (Å²) in [6.45, 7) is 10.8. The van der Waals surface area contributed by atoms with Crippen LogP contribution in [0.15, 0.2) is 27.9 Å². The van der Waals surface area contributed by atoms with Crippen LogP contribution in [-0.4, -0.2) is 25.0 Å². The van der Waals surface area contributed by atoms with E-state index < -0.39 is 0 Å². The van der Waals surface area contributed by atoms with Crippen molar-refractivity contribution in [2.24, 2.45) is 5.92 Å². The summed E-state index contributed by atoms with van der Waals surface area (Å²) < 4.78 is 12.7. The summed E-state index contributed by atoms with van der Waals surface area (Å²) in [4.78, 5) is 4.39. The highest BCUT2D eigenvalue weighted by molar-refractivity contribution is 7.98. The summed E-state index contributed by atoms with van der Waals surface area (Å²) in [5.74, 6) is 10.2. The Morgan fingerprint density at radius 3 is 2.72 bits per heavy atom. The highest BCUT2D eigenvalue weighted by atomic mass is 32.2. The Morgan fingerprint density at radius 2 is 2.00 bits per heavy atom. The van der Waals surface area contributed by atoms with Gasteiger partial charge in [0, 0.05) is 6.42 Å². The van der Waals surface area contributed by atoms with Crippen LogP contribution in [0.25, 0.3) is 0 Å². The Hall–Kier alpha value is -2.55. The van der Waals surface area contributed by atoms with Crippen LogP contribution in [0.1, 0.15) is 62.3 Å². The molecule has 29 heavy (non-hydrogen) atoms. The molecule has 8 nitrogen and oxygen atoms in total. The summed E-state index contributed by atoms with van der Waals surface area (Å²) in [5, 5.41) is 12.9. The maximum atomic E-state index is 6.16. The summed E-state index contributed by atoms with van der Waals surface area (Å²) in [5.41, 5.74) is 2.30. The van der Waals surface area contributed by atoms with Crippen molar-refractivity contribution in [1.82, 2.24) is 25.0 Å². The van der Waals surface area contributed by atoms with Crippen molar-refractivity contribution in [2.45, 2.75) is 64.5 Å². The minimum absolute atomic E-state index is 0.244. The average molecular weight is 417 g/mol. The van der Waals surface area contributed by atoms with Crippen LogP contribution in [0.5, 0.6) is 5.75 Å². The molecule has 2 N–H and O–H groups in total. The predicted octanol–water partition coefficient (Wildman–Crippen LogP) is 3.88. The van der Waals surface area contributed by atoms with Gasteiger partial charge in [0.2, 0.25) is 11.0 Å². The molecule has 0 unspecified atom stereocenters. The first-order valence-corrected chi connectivity index (χ1v) is 10.7. The molecule has 0 atom stereocenters. The van der Waals surface area contributed by atoms with Crippen molar-refractivity contribution in [3.8, 4) is 5.75 Å². The fourth-order valence-electron chi connectivity index (χ4n) is 2.80. The first kappa shape index (κ1) is 21.2. The van der Waals surface area contributed by atoms with E-state index in [0.29, 0.717) is 40.3 Å². The third-order valence-electron chi connectivity index (χ3n) is 4.31. The molecular weight excluding hydrogens is 388 g/mol. The van der Waals surface area contributed by atoms with Crippen molar-refractivity contribution in [2.75, 3.05) is 5.84 Å². The van der Waals surface area contributed by atoms with Crippen LogP contribution >= 0.6 is 11.8 Å². The zero-order chi connectivity index (χ0) is 21.0. The van der Waals surface area contributed by atoms with Crippen LogP contribution in [0.4, 0.5) is 0 Å². The molecule has 0 aliphatic carbocycles. The molecule has 3 aromatic rings. The molecule has 156 valence electrons. The Balaban J connectivity index is 1.61. The molecule has 1 aromatic carbocycles. The molecule has 3 rings (SSSR count). The van der Waals surface area contributed by atoms with Gasteiger partial charge in [-0.05, 0) is 36.0 Å². The minimum atomic E-state index is 0.244. The zero-order valence-electron chi connectivity index (χ0n) is 17.5. The van der Waals surface area contributed by atoms with E-state index >= 15 is 0 Å². The van der Waals surface area contributed by atoms with E-state index in [2.05, 4.69) is 60.2 Å². The van der Waals surface area contributed by atoms with E-state index in [-0.39, 0.29) is 6.61 Å². The second kappa shape index (κ2) is 9.30. The highest BCUT2D eigenvalue weighted by Gasteiger charge is 2.15. The number of nitrogen functional groups attached to an aromatic ring is 1. The molecule has 0 radical (unpaired) electrons. The Labute approximate surface area is 175 Å². The predicted molar refractivity (Wildman–Crippen MR) is 112 cm³/mol. The van der Waals surface area contributed by atoms with Crippen molar-refractivity contribution in [3.05, 3.63) is 46.9 Å². The van der Waals surface area contributed by atoms with Gasteiger partial charge in [0.25, 0.3) is 0 Å². The number of aryl methyl sites for hydroxylation is 1. The molecule has 0 aliphatic heterocycles. The monoisotopic (exact) mass is 416 g/mol. The van der Waals surface area contributed by atoms with E-state index in [1.807, 2.05) is 13.0 Å². The van der Waals surface area contributed by atoms with E-state index in [0.717, 1.165) is 23.3 Å². The lowest BCUT2D eigenvalue weighted by Gasteiger charge is -2.14. The lowest BCUT2D eigenvalue weighted by Crippen LogP contribution is -2.16. The fourth-order valence-corrected chi connectivity index (χ4v) is 3.52. The lowest BCUT2D eigenvalue weighted by atomic mass is 10.0. The summed E-state index contributed by atoms with van der Waals surface area (Å²) in [6, 6.07) is 6.22. The van der Waals surface area contributed by atoms with Crippen LogP contribution < -0.4 is 10.6 Å². The van der Waals surface area contributed by atoms with Gasteiger partial charge < -0.3 is 15.1 Å². The standard InChI is InChI=1S/C20H28N6O2S/c1-12(2)8-19-22-17(25-28-19)11-29-20-24-23-18(26(20)21)10-27-16-9-14(5)6-7-15(16)13(3)4/h6-7,9,12-13H,8,10-11,21H2,1-5H3. The van der Waals surface area contributed by atoms with Gasteiger partial charge in [0.15, 0.2) is 11.6 Å². The summed E-state index contributed by atoms with van der Waals surface area (Å²) in [6.07, 6.45) is 0.767. The van der Waals surface area contributed by atoms with Gasteiger partial charge in [-0.2, -0.15) is 4.98 Å². The lowest BCUT2D eigenvalue weighted by molar-refractivity contribution is 0.287. The molecule has 2 aromatic heterocycles. The number of rotatable bonds is 9. The van der Waals surface area contributed by atoms with Crippen molar-refractivity contribution in [1.29, 1.82) is 0 Å². The molecular formula is C20H28N6O2S. The van der Waals surface area contributed by atoms with Crippen molar-refractivity contribution < 1.29 is 9.26 Å². The number of nitrogens with zero attached hydrogens (tertiary/aromatic N) is 5. The number of nitrogens with two attached hydrogens (primary N) is 1.